The van der Waals surface area contributed by atoms with Crippen molar-refractivity contribution in [3.05, 3.63) is 17.7 Å². The SMILES string of the molecule is COc1cc(S(=O)(=O)NCC2(C)CC2)cc(CO)c1OC. The van der Waals surface area contributed by atoms with E-state index in [2.05, 4.69) is 4.72 Å². The number of methoxy groups -OCH3 is 2. The van der Waals surface area contributed by atoms with E-state index >= 15 is 0 Å². The Balaban J connectivity index is 2.33. The highest BCUT2D eigenvalue weighted by Crippen LogP contribution is 2.44. The normalized spacial score (nSPS) is 16.6. The van der Waals surface area contributed by atoms with Crippen molar-refractivity contribution in [1.29, 1.82) is 0 Å². The van der Waals surface area contributed by atoms with E-state index in [4.69, 9.17) is 9.47 Å². The fourth-order valence-corrected chi connectivity index (χ4v) is 3.30. The van der Waals surface area contributed by atoms with Gasteiger partial charge in [0, 0.05) is 18.2 Å². The average molecular weight is 315 g/mol. The molecule has 0 heterocycles. The molecule has 2 rings (SSSR count). The number of sulfonamides is 1. The molecule has 0 radical (unpaired) electrons. The van der Waals surface area contributed by atoms with E-state index in [0.29, 0.717) is 17.9 Å². The summed E-state index contributed by atoms with van der Waals surface area (Å²) < 4.78 is 37.6. The van der Waals surface area contributed by atoms with Crippen LogP contribution in [0, 0.1) is 5.41 Å². The molecule has 2 N–H and O–H groups in total. The molecular formula is C14H21NO5S. The molecule has 118 valence electrons. The highest BCUT2D eigenvalue weighted by molar-refractivity contribution is 7.89. The molecule has 0 atom stereocenters. The number of rotatable bonds is 7. The van der Waals surface area contributed by atoms with Crippen molar-refractivity contribution in [2.45, 2.75) is 31.3 Å². The molecule has 1 aromatic carbocycles. The quantitative estimate of drug-likeness (QED) is 0.791. The first-order chi connectivity index (χ1) is 9.85. The second-order valence-electron chi connectivity index (χ2n) is 5.61. The maximum Gasteiger partial charge on any atom is 0.240 e. The van der Waals surface area contributed by atoms with Crippen molar-refractivity contribution in [2.75, 3.05) is 20.8 Å². The largest absolute Gasteiger partial charge is 0.493 e. The van der Waals surface area contributed by atoms with Gasteiger partial charge >= 0.3 is 0 Å². The fraction of sp³-hybridized carbons (Fsp3) is 0.571. The van der Waals surface area contributed by atoms with Gasteiger partial charge in [-0.05, 0) is 24.3 Å². The third-order valence-electron chi connectivity index (χ3n) is 3.80. The lowest BCUT2D eigenvalue weighted by Crippen LogP contribution is -2.29. The summed E-state index contributed by atoms with van der Waals surface area (Å²) in [6.45, 7) is 2.13. The third-order valence-corrected chi connectivity index (χ3v) is 5.18. The standard InChI is InChI=1S/C14H21NO5S/c1-14(4-5-14)9-15-21(17,18)11-6-10(8-16)13(20-3)12(7-11)19-2/h6-7,15-16H,4-5,8-9H2,1-3H3. The van der Waals surface area contributed by atoms with Crippen LogP contribution in [0.1, 0.15) is 25.3 Å². The van der Waals surface area contributed by atoms with Gasteiger partial charge in [-0.3, -0.25) is 0 Å². The summed E-state index contributed by atoms with van der Waals surface area (Å²) >= 11 is 0. The minimum Gasteiger partial charge on any atom is -0.493 e. The second kappa shape index (κ2) is 5.82. The molecule has 0 bridgehead atoms. The molecule has 0 saturated heterocycles. The van der Waals surface area contributed by atoms with Crippen molar-refractivity contribution in [2.24, 2.45) is 5.41 Å². The maximum atomic E-state index is 12.4. The average Bonchev–Trinajstić information content (AvgIpc) is 3.22. The lowest BCUT2D eigenvalue weighted by atomic mass is 10.2. The predicted molar refractivity (Wildman–Crippen MR) is 78.0 cm³/mol. The Morgan fingerprint density at radius 1 is 1.29 bits per heavy atom. The molecule has 1 aliphatic rings. The topological polar surface area (TPSA) is 84.9 Å². The minimum absolute atomic E-state index is 0.0634. The van der Waals surface area contributed by atoms with Gasteiger partial charge in [0.15, 0.2) is 11.5 Å². The van der Waals surface area contributed by atoms with Gasteiger partial charge in [-0.1, -0.05) is 6.92 Å². The van der Waals surface area contributed by atoms with Gasteiger partial charge in [0.1, 0.15) is 0 Å². The first-order valence-electron chi connectivity index (χ1n) is 6.71. The number of aliphatic hydroxyl groups is 1. The first kappa shape index (κ1) is 16.1. The van der Waals surface area contributed by atoms with Crippen LogP contribution in [0.15, 0.2) is 17.0 Å². The molecule has 1 fully saturated rings. The Bertz CT molecular complexity index is 597. The van der Waals surface area contributed by atoms with Crippen LogP contribution in [-0.2, 0) is 16.6 Å². The van der Waals surface area contributed by atoms with Crippen LogP contribution in [-0.4, -0.2) is 34.3 Å². The van der Waals surface area contributed by atoms with Crippen LogP contribution in [0.2, 0.25) is 0 Å². The first-order valence-corrected chi connectivity index (χ1v) is 8.19. The number of ether oxygens (including phenoxy) is 2. The summed E-state index contributed by atoms with van der Waals surface area (Å²) in [5.74, 6) is 0.621. The van der Waals surface area contributed by atoms with Crippen molar-refractivity contribution >= 4 is 10.0 Å². The van der Waals surface area contributed by atoms with Crippen molar-refractivity contribution in [3.63, 3.8) is 0 Å². The van der Waals surface area contributed by atoms with Crippen LogP contribution >= 0.6 is 0 Å². The summed E-state index contributed by atoms with van der Waals surface area (Å²) in [5.41, 5.74) is 0.443. The van der Waals surface area contributed by atoms with E-state index < -0.39 is 10.0 Å². The van der Waals surface area contributed by atoms with Crippen molar-refractivity contribution in [1.82, 2.24) is 4.72 Å². The van der Waals surface area contributed by atoms with Crippen molar-refractivity contribution < 1.29 is 23.0 Å². The molecular weight excluding hydrogens is 294 g/mol. The molecule has 0 spiro atoms. The van der Waals surface area contributed by atoms with E-state index in [0.717, 1.165) is 12.8 Å². The highest BCUT2D eigenvalue weighted by Gasteiger charge is 2.38. The summed E-state index contributed by atoms with van der Waals surface area (Å²) in [6, 6.07) is 2.80. The van der Waals surface area contributed by atoms with Crippen LogP contribution in [0.4, 0.5) is 0 Å². The monoisotopic (exact) mass is 315 g/mol. The van der Waals surface area contributed by atoms with Crippen LogP contribution < -0.4 is 14.2 Å². The molecule has 0 aliphatic heterocycles. The Morgan fingerprint density at radius 2 is 1.95 bits per heavy atom. The van der Waals surface area contributed by atoms with E-state index in [1.165, 1.54) is 26.4 Å². The number of hydrogen-bond donors (Lipinski definition) is 2. The summed E-state index contributed by atoms with van der Waals surface area (Å²) in [6.07, 6.45) is 2.06. The minimum atomic E-state index is -3.64. The molecule has 1 aliphatic carbocycles. The summed E-state index contributed by atoms with van der Waals surface area (Å²) in [7, 11) is -0.774. The molecule has 21 heavy (non-hydrogen) atoms. The number of nitrogens with one attached hydrogen (secondary N) is 1. The van der Waals surface area contributed by atoms with E-state index in [1.54, 1.807) is 0 Å². The van der Waals surface area contributed by atoms with Crippen LogP contribution in [0.25, 0.3) is 0 Å². The molecule has 0 amide bonds. The zero-order valence-corrected chi connectivity index (χ0v) is 13.3. The number of aliphatic hydroxyl groups excluding tert-OH is 1. The van der Waals surface area contributed by atoms with Crippen LogP contribution in [0.3, 0.4) is 0 Å². The number of benzene rings is 1. The smallest absolute Gasteiger partial charge is 0.240 e. The van der Waals surface area contributed by atoms with E-state index in [9.17, 15) is 13.5 Å². The molecule has 0 unspecified atom stereocenters. The molecule has 1 aromatic rings. The van der Waals surface area contributed by atoms with Gasteiger partial charge in [-0.15, -0.1) is 0 Å². The van der Waals surface area contributed by atoms with Gasteiger partial charge in [-0.2, -0.15) is 0 Å². The lowest BCUT2D eigenvalue weighted by Gasteiger charge is -2.15. The van der Waals surface area contributed by atoms with Crippen LogP contribution in [0.5, 0.6) is 11.5 Å². The lowest BCUT2D eigenvalue weighted by molar-refractivity contribution is 0.269. The summed E-state index contributed by atoms with van der Waals surface area (Å²) in [5, 5.41) is 9.38. The fourth-order valence-electron chi connectivity index (χ4n) is 2.03. The van der Waals surface area contributed by atoms with E-state index in [-0.39, 0.29) is 22.7 Å². The second-order valence-corrected chi connectivity index (χ2v) is 7.38. The Morgan fingerprint density at radius 3 is 2.43 bits per heavy atom. The van der Waals surface area contributed by atoms with Crippen molar-refractivity contribution in [3.8, 4) is 11.5 Å². The third kappa shape index (κ3) is 3.48. The molecule has 7 heteroatoms. The zero-order chi connectivity index (χ0) is 15.7. The molecule has 1 saturated carbocycles. The Labute approximate surface area is 125 Å². The molecule has 6 nitrogen and oxygen atoms in total. The molecule has 0 aromatic heterocycles. The van der Waals surface area contributed by atoms with E-state index in [1.807, 2.05) is 6.92 Å². The van der Waals surface area contributed by atoms with Gasteiger partial charge in [-0.25, -0.2) is 13.1 Å². The maximum absolute atomic E-state index is 12.4. The Kier molecular flexibility index (Phi) is 4.46. The van der Waals surface area contributed by atoms with Gasteiger partial charge < -0.3 is 14.6 Å². The Hall–Kier alpha value is -1.31. The van der Waals surface area contributed by atoms with Gasteiger partial charge in [0.05, 0.1) is 25.7 Å². The van der Waals surface area contributed by atoms with Gasteiger partial charge in [0.25, 0.3) is 0 Å². The zero-order valence-electron chi connectivity index (χ0n) is 12.5. The predicted octanol–water partition coefficient (Wildman–Crippen LogP) is 1.27. The number of hydrogen-bond acceptors (Lipinski definition) is 5. The summed E-state index contributed by atoms with van der Waals surface area (Å²) in [4.78, 5) is 0.0634. The highest BCUT2D eigenvalue weighted by atomic mass is 32.2. The van der Waals surface area contributed by atoms with Gasteiger partial charge in [0.2, 0.25) is 10.0 Å².